The summed E-state index contributed by atoms with van der Waals surface area (Å²) in [5.74, 6) is 0.810. The third-order valence-electron chi connectivity index (χ3n) is 5.32. The lowest BCUT2D eigenvalue weighted by Crippen LogP contribution is -2.49. The maximum atomic E-state index is 3.67. The lowest BCUT2D eigenvalue weighted by Gasteiger charge is -2.47. The molecule has 0 spiro atoms. The van der Waals surface area contributed by atoms with Gasteiger partial charge in [0, 0.05) is 18.5 Å². The summed E-state index contributed by atoms with van der Waals surface area (Å²) < 4.78 is 2.39. The van der Waals surface area contributed by atoms with Crippen molar-refractivity contribution in [2.75, 3.05) is 25.1 Å². The Morgan fingerprint density at radius 3 is 3.11 bits per heavy atom. The SMILES string of the molecule is c1ccc2c(c1)c1c3n2NC[C@H]2CCCN(CC1)[C@H]32. The number of fused-ring (bicyclic) bond motifs is 3. The molecule has 1 N–H and O–H groups in total. The molecule has 0 amide bonds. The molecule has 3 nitrogen and oxygen atoms in total. The van der Waals surface area contributed by atoms with E-state index in [4.69, 9.17) is 0 Å². The molecule has 1 aromatic heterocycles. The van der Waals surface area contributed by atoms with E-state index in [9.17, 15) is 0 Å². The van der Waals surface area contributed by atoms with E-state index in [1.807, 2.05) is 0 Å². The lowest BCUT2D eigenvalue weighted by atomic mass is 9.82. The summed E-state index contributed by atoms with van der Waals surface area (Å²) in [5.41, 5.74) is 8.22. The second kappa shape index (κ2) is 3.54. The molecule has 0 radical (unpaired) electrons. The second-order valence-corrected chi connectivity index (χ2v) is 6.21. The number of nitrogens with one attached hydrogen (secondary N) is 1. The van der Waals surface area contributed by atoms with Crippen LogP contribution in [0.1, 0.15) is 30.1 Å². The lowest BCUT2D eigenvalue weighted by molar-refractivity contribution is 0.0743. The number of hydrogen-bond acceptors (Lipinski definition) is 2. The van der Waals surface area contributed by atoms with Crippen LogP contribution in [0, 0.1) is 5.92 Å². The molecule has 2 atom stereocenters. The number of nitrogens with zero attached hydrogens (tertiary/aromatic N) is 2. The molecule has 98 valence electrons. The molecule has 1 fully saturated rings. The van der Waals surface area contributed by atoms with Crippen molar-refractivity contribution in [3.63, 3.8) is 0 Å². The first-order valence-corrected chi connectivity index (χ1v) is 7.53. The van der Waals surface area contributed by atoms with E-state index in [0.717, 1.165) is 12.5 Å². The maximum absolute atomic E-state index is 3.67. The van der Waals surface area contributed by atoms with Crippen molar-refractivity contribution in [1.29, 1.82) is 0 Å². The molecule has 0 saturated carbocycles. The fourth-order valence-electron chi connectivity index (χ4n) is 4.55. The van der Waals surface area contributed by atoms with E-state index in [2.05, 4.69) is 39.3 Å². The van der Waals surface area contributed by atoms with Gasteiger partial charge in [0.15, 0.2) is 0 Å². The molecule has 5 rings (SSSR count). The van der Waals surface area contributed by atoms with Crippen molar-refractivity contribution < 1.29 is 0 Å². The van der Waals surface area contributed by atoms with E-state index in [-0.39, 0.29) is 0 Å². The standard InChI is InChI=1S/C16H19N3/c1-2-6-14-12(5-1)13-7-9-18-8-3-4-11-10-17-19(14)16(13)15(11)18/h1-2,5-6,11,15,17H,3-4,7-10H2/t11-,15+/m1/s1. The molecule has 3 heteroatoms. The molecular weight excluding hydrogens is 234 g/mol. The Morgan fingerprint density at radius 2 is 2.11 bits per heavy atom. The number of para-hydroxylation sites is 1. The smallest absolute Gasteiger partial charge is 0.0699 e. The van der Waals surface area contributed by atoms with Gasteiger partial charge in [0.05, 0.1) is 17.3 Å². The van der Waals surface area contributed by atoms with Crippen LogP contribution in [0.2, 0.25) is 0 Å². The van der Waals surface area contributed by atoms with Gasteiger partial charge in [-0.05, 0) is 43.4 Å². The van der Waals surface area contributed by atoms with Gasteiger partial charge in [-0.1, -0.05) is 18.2 Å². The number of piperidine rings is 1. The fourth-order valence-corrected chi connectivity index (χ4v) is 4.55. The summed E-state index contributed by atoms with van der Waals surface area (Å²) in [4.78, 5) is 2.73. The molecule has 0 unspecified atom stereocenters. The van der Waals surface area contributed by atoms with Gasteiger partial charge >= 0.3 is 0 Å². The summed E-state index contributed by atoms with van der Waals surface area (Å²) in [7, 11) is 0. The first kappa shape index (κ1) is 10.3. The van der Waals surface area contributed by atoms with Crippen LogP contribution in [0.5, 0.6) is 0 Å². The van der Waals surface area contributed by atoms with Crippen molar-refractivity contribution in [1.82, 2.24) is 9.58 Å². The summed E-state index contributed by atoms with van der Waals surface area (Å²) in [5, 5.41) is 1.47. The molecule has 19 heavy (non-hydrogen) atoms. The van der Waals surface area contributed by atoms with Gasteiger partial charge in [0.2, 0.25) is 0 Å². The molecule has 2 aromatic rings. The third-order valence-corrected chi connectivity index (χ3v) is 5.32. The van der Waals surface area contributed by atoms with Crippen molar-refractivity contribution in [3.8, 4) is 0 Å². The Bertz CT molecular complexity index is 604. The molecule has 1 saturated heterocycles. The predicted molar refractivity (Wildman–Crippen MR) is 76.9 cm³/mol. The van der Waals surface area contributed by atoms with Gasteiger partial charge in [-0.2, -0.15) is 0 Å². The van der Waals surface area contributed by atoms with E-state index >= 15 is 0 Å². The predicted octanol–water partition coefficient (Wildman–Crippen LogP) is 2.51. The average molecular weight is 253 g/mol. The summed E-state index contributed by atoms with van der Waals surface area (Å²) in [6.45, 7) is 3.68. The fraction of sp³-hybridized carbons (Fsp3) is 0.500. The van der Waals surface area contributed by atoms with Crippen LogP contribution in [0.4, 0.5) is 0 Å². The van der Waals surface area contributed by atoms with Crippen LogP contribution in [0.3, 0.4) is 0 Å². The monoisotopic (exact) mass is 253 g/mol. The zero-order valence-electron chi connectivity index (χ0n) is 11.1. The number of rotatable bonds is 0. The van der Waals surface area contributed by atoms with Crippen LogP contribution in [-0.2, 0) is 6.42 Å². The van der Waals surface area contributed by atoms with E-state index in [1.54, 1.807) is 11.3 Å². The summed E-state index contributed by atoms with van der Waals surface area (Å²) in [6.07, 6.45) is 3.97. The van der Waals surface area contributed by atoms with Crippen LogP contribution in [-0.4, -0.2) is 29.2 Å². The Labute approximate surface area is 113 Å². The Kier molecular flexibility index (Phi) is 1.92. The molecule has 0 bridgehead atoms. The second-order valence-electron chi connectivity index (χ2n) is 6.21. The molecule has 0 aliphatic carbocycles. The highest BCUT2D eigenvalue weighted by atomic mass is 15.4. The largest absolute Gasteiger partial charge is 0.325 e. The minimum atomic E-state index is 0.672. The summed E-state index contributed by atoms with van der Waals surface area (Å²) in [6, 6.07) is 9.56. The minimum Gasteiger partial charge on any atom is -0.325 e. The van der Waals surface area contributed by atoms with E-state index in [1.165, 1.54) is 43.3 Å². The van der Waals surface area contributed by atoms with Crippen molar-refractivity contribution >= 4 is 10.9 Å². The first-order chi connectivity index (χ1) is 9.43. The Morgan fingerprint density at radius 1 is 1.16 bits per heavy atom. The van der Waals surface area contributed by atoms with Crippen LogP contribution < -0.4 is 5.43 Å². The quantitative estimate of drug-likeness (QED) is 0.778. The normalized spacial score (nSPS) is 29.1. The number of benzene rings is 1. The number of hydrogen-bond donors (Lipinski definition) is 1. The Hall–Kier alpha value is -1.48. The average Bonchev–Trinajstić information content (AvgIpc) is 2.81. The molecule has 3 aliphatic heterocycles. The van der Waals surface area contributed by atoms with Gasteiger partial charge < -0.3 is 5.43 Å². The van der Waals surface area contributed by atoms with Crippen LogP contribution in [0.15, 0.2) is 24.3 Å². The van der Waals surface area contributed by atoms with E-state index < -0.39 is 0 Å². The van der Waals surface area contributed by atoms with Gasteiger partial charge in [-0.3, -0.25) is 9.58 Å². The van der Waals surface area contributed by atoms with Gasteiger partial charge in [-0.15, -0.1) is 0 Å². The van der Waals surface area contributed by atoms with Gasteiger partial charge in [-0.25, -0.2) is 0 Å². The zero-order valence-corrected chi connectivity index (χ0v) is 11.1. The van der Waals surface area contributed by atoms with Gasteiger partial charge in [0.1, 0.15) is 0 Å². The van der Waals surface area contributed by atoms with Crippen molar-refractivity contribution in [2.24, 2.45) is 5.92 Å². The van der Waals surface area contributed by atoms with E-state index in [0.29, 0.717) is 6.04 Å². The van der Waals surface area contributed by atoms with Crippen molar-refractivity contribution in [2.45, 2.75) is 25.3 Å². The molecule has 4 heterocycles. The zero-order chi connectivity index (χ0) is 12.4. The van der Waals surface area contributed by atoms with Crippen LogP contribution >= 0.6 is 0 Å². The van der Waals surface area contributed by atoms with Crippen molar-refractivity contribution in [3.05, 3.63) is 35.5 Å². The Balaban J connectivity index is 1.83. The highest BCUT2D eigenvalue weighted by Gasteiger charge is 2.42. The maximum Gasteiger partial charge on any atom is 0.0699 e. The third kappa shape index (κ3) is 1.22. The molecule has 3 aliphatic rings. The summed E-state index contributed by atoms with van der Waals surface area (Å²) >= 11 is 0. The molecular formula is C16H19N3. The minimum absolute atomic E-state index is 0.672. The number of aromatic nitrogens is 1. The van der Waals surface area contributed by atoms with Gasteiger partial charge in [0.25, 0.3) is 0 Å². The van der Waals surface area contributed by atoms with Crippen LogP contribution in [0.25, 0.3) is 10.9 Å². The highest BCUT2D eigenvalue weighted by Crippen LogP contribution is 2.45. The first-order valence-electron chi connectivity index (χ1n) is 7.53. The highest BCUT2D eigenvalue weighted by molar-refractivity contribution is 5.86. The topological polar surface area (TPSA) is 20.2 Å². The molecule has 1 aromatic carbocycles.